The van der Waals surface area contributed by atoms with E-state index < -0.39 is 42.5 Å². The average Bonchev–Trinajstić information content (AvgIpc) is 3.00. The minimum Gasteiger partial charge on any atom is -0.480 e. The van der Waals surface area contributed by atoms with Crippen LogP contribution in [0.25, 0.3) is 0 Å². The second-order valence-electron chi connectivity index (χ2n) is 6.30. The first-order chi connectivity index (χ1) is 11.1. The molecule has 5 N–H and O–H groups in total. The number of carbonyl (C=O) groups is 4. The zero-order chi connectivity index (χ0) is 18.4. The standard InChI is InChI=1S/C15H26N4O5/c1-8(2)12(16)14(23)18-9(3)15(24)19-6-4-5-10(19)13(22)17-7-11(20)21/h8-10,12H,4-7,16H2,1-3H3,(H,17,22)(H,18,23)(H,20,21)/t9-,10-,12+/m0/s1. The van der Waals surface area contributed by atoms with Crippen LogP contribution >= 0.6 is 0 Å². The molecule has 1 rings (SSSR count). The fourth-order valence-corrected chi connectivity index (χ4v) is 2.51. The SMILES string of the molecule is CC(C)[C@@H](N)C(=O)N[C@@H](C)C(=O)N1CCC[C@H]1C(=O)NCC(=O)O. The molecular weight excluding hydrogens is 316 g/mol. The van der Waals surface area contributed by atoms with Crippen molar-refractivity contribution < 1.29 is 24.3 Å². The predicted octanol–water partition coefficient (Wildman–Crippen LogP) is -1.33. The number of carboxylic acids is 1. The van der Waals surface area contributed by atoms with Gasteiger partial charge in [-0.05, 0) is 25.7 Å². The number of hydrogen-bond donors (Lipinski definition) is 4. The van der Waals surface area contributed by atoms with Gasteiger partial charge in [0.05, 0.1) is 6.04 Å². The van der Waals surface area contributed by atoms with Crippen molar-refractivity contribution in [3.63, 3.8) is 0 Å². The molecule has 9 heteroatoms. The highest BCUT2D eigenvalue weighted by atomic mass is 16.4. The highest BCUT2D eigenvalue weighted by molar-refractivity contribution is 5.93. The van der Waals surface area contributed by atoms with Gasteiger partial charge in [0.15, 0.2) is 0 Å². The van der Waals surface area contributed by atoms with E-state index in [1.807, 2.05) is 0 Å². The summed E-state index contributed by atoms with van der Waals surface area (Å²) < 4.78 is 0. The molecule has 0 unspecified atom stereocenters. The Morgan fingerprint density at radius 2 is 1.88 bits per heavy atom. The monoisotopic (exact) mass is 342 g/mol. The largest absolute Gasteiger partial charge is 0.480 e. The molecule has 1 aliphatic heterocycles. The Kier molecular flexibility index (Phi) is 7.15. The van der Waals surface area contributed by atoms with Crippen LogP contribution in [0.4, 0.5) is 0 Å². The van der Waals surface area contributed by atoms with Crippen molar-refractivity contribution in [1.82, 2.24) is 15.5 Å². The summed E-state index contributed by atoms with van der Waals surface area (Å²) in [6.45, 7) is 5.05. The van der Waals surface area contributed by atoms with Crippen LogP contribution in [0.1, 0.15) is 33.6 Å². The number of nitrogens with zero attached hydrogens (tertiary/aromatic N) is 1. The zero-order valence-electron chi connectivity index (χ0n) is 14.2. The number of carbonyl (C=O) groups excluding carboxylic acids is 3. The molecule has 0 aromatic carbocycles. The van der Waals surface area contributed by atoms with Crippen LogP contribution in [0.15, 0.2) is 0 Å². The van der Waals surface area contributed by atoms with Crippen LogP contribution in [0, 0.1) is 5.92 Å². The van der Waals surface area contributed by atoms with Crippen LogP contribution in [0.3, 0.4) is 0 Å². The summed E-state index contributed by atoms with van der Waals surface area (Å²) in [5.41, 5.74) is 5.75. The van der Waals surface area contributed by atoms with Crippen molar-refractivity contribution in [3.8, 4) is 0 Å². The van der Waals surface area contributed by atoms with E-state index in [4.69, 9.17) is 10.8 Å². The molecule has 0 aliphatic carbocycles. The number of carboxylic acid groups (broad SMARTS) is 1. The van der Waals surface area contributed by atoms with E-state index in [1.54, 1.807) is 13.8 Å². The Labute approximate surface area is 140 Å². The number of nitrogens with one attached hydrogen (secondary N) is 2. The van der Waals surface area contributed by atoms with Crippen LogP contribution < -0.4 is 16.4 Å². The lowest BCUT2D eigenvalue weighted by atomic mass is 10.0. The van der Waals surface area contributed by atoms with E-state index in [9.17, 15) is 19.2 Å². The fourth-order valence-electron chi connectivity index (χ4n) is 2.51. The zero-order valence-corrected chi connectivity index (χ0v) is 14.2. The third-order valence-electron chi connectivity index (χ3n) is 4.00. The molecule has 0 bridgehead atoms. The van der Waals surface area contributed by atoms with Gasteiger partial charge in [0.25, 0.3) is 0 Å². The van der Waals surface area contributed by atoms with E-state index >= 15 is 0 Å². The lowest BCUT2D eigenvalue weighted by Crippen LogP contribution is -2.55. The van der Waals surface area contributed by atoms with E-state index in [-0.39, 0.29) is 11.8 Å². The van der Waals surface area contributed by atoms with Crippen LogP contribution in [0.5, 0.6) is 0 Å². The van der Waals surface area contributed by atoms with E-state index in [0.29, 0.717) is 19.4 Å². The van der Waals surface area contributed by atoms with Crippen LogP contribution in [0.2, 0.25) is 0 Å². The van der Waals surface area contributed by atoms with Gasteiger partial charge in [0.1, 0.15) is 18.6 Å². The summed E-state index contributed by atoms with van der Waals surface area (Å²) in [5, 5.41) is 13.5. The number of rotatable bonds is 7. The van der Waals surface area contributed by atoms with Gasteiger partial charge in [-0.3, -0.25) is 19.2 Å². The molecule has 0 spiro atoms. The van der Waals surface area contributed by atoms with Gasteiger partial charge in [-0.1, -0.05) is 13.8 Å². The van der Waals surface area contributed by atoms with E-state index in [0.717, 1.165) is 0 Å². The number of aliphatic carboxylic acids is 1. The second-order valence-corrected chi connectivity index (χ2v) is 6.30. The molecule has 9 nitrogen and oxygen atoms in total. The van der Waals surface area contributed by atoms with Gasteiger partial charge < -0.3 is 26.4 Å². The van der Waals surface area contributed by atoms with Gasteiger partial charge in [-0.2, -0.15) is 0 Å². The highest BCUT2D eigenvalue weighted by Crippen LogP contribution is 2.18. The molecule has 1 fully saturated rings. The minimum absolute atomic E-state index is 0.0615. The van der Waals surface area contributed by atoms with Crippen molar-refractivity contribution in [2.45, 2.75) is 51.7 Å². The highest BCUT2D eigenvalue weighted by Gasteiger charge is 2.36. The first-order valence-corrected chi connectivity index (χ1v) is 8.01. The molecular formula is C15H26N4O5. The Balaban J connectivity index is 2.65. The lowest BCUT2D eigenvalue weighted by Gasteiger charge is -2.27. The maximum Gasteiger partial charge on any atom is 0.322 e. The maximum absolute atomic E-state index is 12.5. The molecule has 0 aromatic heterocycles. The molecule has 0 aromatic rings. The third-order valence-corrected chi connectivity index (χ3v) is 4.00. The Bertz CT molecular complexity index is 508. The van der Waals surface area contributed by atoms with Crippen LogP contribution in [-0.4, -0.2) is 64.9 Å². The fraction of sp³-hybridized carbons (Fsp3) is 0.733. The van der Waals surface area contributed by atoms with E-state index in [1.165, 1.54) is 11.8 Å². The molecule has 136 valence electrons. The molecule has 0 saturated carbocycles. The summed E-state index contributed by atoms with van der Waals surface area (Å²) in [6, 6.07) is -2.24. The van der Waals surface area contributed by atoms with Crippen molar-refractivity contribution in [1.29, 1.82) is 0 Å². The normalized spacial score (nSPS) is 19.7. The predicted molar refractivity (Wildman–Crippen MR) is 85.8 cm³/mol. The summed E-state index contributed by atoms with van der Waals surface area (Å²) in [6.07, 6.45) is 1.10. The second kappa shape index (κ2) is 8.62. The Morgan fingerprint density at radius 3 is 2.42 bits per heavy atom. The minimum atomic E-state index is -1.15. The summed E-state index contributed by atoms with van der Waals surface area (Å²) in [5.74, 6) is -2.51. The molecule has 0 radical (unpaired) electrons. The van der Waals surface area contributed by atoms with Gasteiger partial charge in [-0.25, -0.2) is 0 Å². The first kappa shape index (κ1) is 19.9. The van der Waals surface area contributed by atoms with Gasteiger partial charge in [0, 0.05) is 6.54 Å². The van der Waals surface area contributed by atoms with Crippen molar-refractivity contribution in [3.05, 3.63) is 0 Å². The Morgan fingerprint density at radius 1 is 1.25 bits per heavy atom. The lowest BCUT2D eigenvalue weighted by molar-refractivity contribution is -0.142. The average molecular weight is 342 g/mol. The van der Waals surface area contributed by atoms with Crippen molar-refractivity contribution >= 4 is 23.7 Å². The number of nitrogens with two attached hydrogens (primary N) is 1. The van der Waals surface area contributed by atoms with Gasteiger partial charge in [0.2, 0.25) is 17.7 Å². The number of hydrogen-bond acceptors (Lipinski definition) is 5. The third kappa shape index (κ3) is 5.19. The molecule has 24 heavy (non-hydrogen) atoms. The molecule has 3 atom stereocenters. The smallest absolute Gasteiger partial charge is 0.322 e. The Hall–Kier alpha value is -2.16. The van der Waals surface area contributed by atoms with Crippen molar-refractivity contribution in [2.24, 2.45) is 11.7 Å². The summed E-state index contributed by atoms with van der Waals surface area (Å²) >= 11 is 0. The van der Waals surface area contributed by atoms with Gasteiger partial charge in [-0.15, -0.1) is 0 Å². The quantitative estimate of drug-likeness (QED) is 0.451. The van der Waals surface area contributed by atoms with Crippen LogP contribution in [-0.2, 0) is 19.2 Å². The van der Waals surface area contributed by atoms with Crippen molar-refractivity contribution in [2.75, 3.05) is 13.1 Å². The maximum atomic E-state index is 12.5. The molecule has 1 aliphatic rings. The molecule has 1 saturated heterocycles. The molecule has 1 heterocycles. The summed E-state index contributed by atoms with van der Waals surface area (Å²) in [7, 11) is 0. The number of likely N-dealkylation sites (tertiary alicyclic amines) is 1. The number of amides is 3. The topological polar surface area (TPSA) is 142 Å². The van der Waals surface area contributed by atoms with E-state index in [2.05, 4.69) is 10.6 Å². The summed E-state index contributed by atoms with van der Waals surface area (Å²) in [4.78, 5) is 48.4. The molecule has 3 amide bonds. The van der Waals surface area contributed by atoms with Gasteiger partial charge >= 0.3 is 5.97 Å². The first-order valence-electron chi connectivity index (χ1n) is 8.01.